The maximum Gasteiger partial charge on any atom is 0.273 e. The Morgan fingerprint density at radius 3 is 2.82 bits per heavy atom. The summed E-state index contributed by atoms with van der Waals surface area (Å²) in [6.07, 6.45) is 3.37. The third kappa shape index (κ3) is 3.59. The van der Waals surface area contributed by atoms with Crippen molar-refractivity contribution in [3.05, 3.63) is 45.4 Å². The van der Waals surface area contributed by atoms with Crippen molar-refractivity contribution in [2.75, 3.05) is 13.1 Å². The van der Waals surface area contributed by atoms with Gasteiger partial charge in [-0.2, -0.15) is 0 Å². The van der Waals surface area contributed by atoms with Gasteiger partial charge in [-0.05, 0) is 31.4 Å². The SMILES string of the molecule is O=C(c1csc(COc2ccccc2Cl)n1)N1CCCCC1. The molecule has 1 aliphatic heterocycles. The summed E-state index contributed by atoms with van der Waals surface area (Å²) < 4.78 is 5.65. The predicted molar refractivity (Wildman–Crippen MR) is 87.7 cm³/mol. The number of ether oxygens (including phenoxy) is 1. The Morgan fingerprint density at radius 1 is 1.27 bits per heavy atom. The van der Waals surface area contributed by atoms with Crippen molar-refractivity contribution in [2.45, 2.75) is 25.9 Å². The van der Waals surface area contributed by atoms with Crippen molar-refractivity contribution in [1.82, 2.24) is 9.88 Å². The minimum atomic E-state index is 0.0277. The molecular formula is C16H17ClN2O2S. The lowest BCUT2D eigenvalue weighted by atomic mass is 10.1. The molecule has 1 aromatic carbocycles. The van der Waals surface area contributed by atoms with Crippen molar-refractivity contribution < 1.29 is 9.53 Å². The van der Waals surface area contributed by atoms with Gasteiger partial charge < -0.3 is 9.64 Å². The Kier molecular flexibility index (Phi) is 4.95. The van der Waals surface area contributed by atoms with Gasteiger partial charge in [0.2, 0.25) is 0 Å². The summed E-state index contributed by atoms with van der Waals surface area (Å²) in [6, 6.07) is 7.32. The van der Waals surface area contributed by atoms with Crippen molar-refractivity contribution in [2.24, 2.45) is 0 Å². The van der Waals surface area contributed by atoms with E-state index >= 15 is 0 Å². The van der Waals surface area contributed by atoms with Gasteiger partial charge in [0.05, 0.1) is 5.02 Å². The van der Waals surface area contributed by atoms with Gasteiger partial charge >= 0.3 is 0 Å². The number of thiazole rings is 1. The summed E-state index contributed by atoms with van der Waals surface area (Å²) in [6.45, 7) is 1.99. The second kappa shape index (κ2) is 7.11. The Bertz CT molecular complexity index is 653. The average Bonchev–Trinajstić information content (AvgIpc) is 3.03. The van der Waals surface area contributed by atoms with E-state index < -0.39 is 0 Å². The molecule has 1 aliphatic rings. The fourth-order valence-corrected chi connectivity index (χ4v) is 3.31. The van der Waals surface area contributed by atoms with Gasteiger partial charge in [0.15, 0.2) is 0 Å². The molecule has 0 bridgehead atoms. The number of carbonyl (C=O) groups is 1. The number of hydrogen-bond donors (Lipinski definition) is 0. The number of piperidine rings is 1. The van der Waals surface area contributed by atoms with E-state index in [9.17, 15) is 4.79 Å². The van der Waals surface area contributed by atoms with Gasteiger partial charge in [0.25, 0.3) is 5.91 Å². The zero-order chi connectivity index (χ0) is 15.4. The molecule has 4 nitrogen and oxygen atoms in total. The maximum atomic E-state index is 12.3. The standard InChI is InChI=1S/C16H17ClN2O2S/c17-12-6-2-3-7-14(12)21-10-15-18-13(11-22-15)16(20)19-8-4-1-5-9-19/h2-3,6-7,11H,1,4-5,8-10H2. The molecule has 1 fully saturated rings. The van der Waals surface area contributed by atoms with Gasteiger partial charge in [0, 0.05) is 18.5 Å². The van der Waals surface area contributed by atoms with Crippen LogP contribution in [-0.2, 0) is 6.61 Å². The molecule has 22 heavy (non-hydrogen) atoms. The van der Waals surface area contributed by atoms with Crippen LogP contribution in [0.25, 0.3) is 0 Å². The van der Waals surface area contributed by atoms with Crippen LogP contribution in [0.4, 0.5) is 0 Å². The third-order valence-electron chi connectivity index (χ3n) is 3.60. The van der Waals surface area contributed by atoms with Crippen molar-refractivity contribution in [3.8, 4) is 5.75 Å². The summed E-state index contributed by atoms with van der Waals surface area (Å²) in [4.78, 5) is 18.6. The van der Waals surface area contributed by atoms with Gasteiger partial charge in [-0.25, -0.2) is 4.98 Å². The molecule has 3 rings (SSSR count). The number of para-hydroxylation sites is 1. The second-order valence-corrected chi connectivity index (χ2v) is 6.55. The van der Waals surface area contributed by atoms with E-state index in [1.54, 1.807) is 6.07 Å². The quantitative estimate of drug-likeness (QED) is 0.847. The normalized spacial score (nSPS) is 14.9. The smallest absolute Gasteiger partial charge is 0.273 e. The molecule has 0 radical (unpaired) electrons. The minimum Gasteiger partial charge on any atom is -0.485 e. The van der Waals surface area contributed by atoms with E-state index in [1.165, 1.54) is 17.8 Å². The molecule has 2 heterocycles. The molecule has 0 atom stereocenters. The zero-order valence-corrected chi connectivity index (χ0v) is 13.7. The summed E-state index contributed by atoms with van der Waals surface area (Å²) in [5.74, 6) is 0.656. The molecule has 1 saturated heterocycles. The molecule has 0 unspecified atom stereocenters. The fraction of sp³-hybridized carbons (Fsp3) is 0.375. The van der Waals surface area contributed by atoms with Gasteiger partial charge in [0.1, 0.15) is 23.1 Å². The highest BCUT2D eigenvalue weighted by atomic mass is 35.5. The second-order valence-electron chi connectivity index (χ2n) is 5.20. The Labute approximate surface area is 138 Å². The minimum absolute atomic E-state index is 0.0277. The lowest BCUT2D eigenvalue weighted by molar-refractivity contribution is 0.0719. The van der Waals surface area contributed by atoms with E-state index in [4.69, 9.17) is 16.3 Å². The topological polar surface area (TPSA) is 42.4 Å². The van der Waals surface area contributed by atoms with Crippen molar-refractivity contribution >= 4 is 28.8 Å². The zero-order valence-electron chi connectivity index (χ0n) is 12.1. The van der Waals surface area contributed by atoms with Crippen LogP contribution in [-0.4, -0.2) is 28.9 Å². The van der Waals surface area contributed by atoms with E-state index in [0.717, 1.165) is 30.9 Å². The first-order chi connectivity index (χ1) is 10.7. The van der Waals surface area contributed by atoms with Crippen LogP contribution in [0.3, 0.4) is 0 Å². The van der Waals surface area contributed by atoms with Crippen LogP contribution in [0.1, 0.15) is 34.8 Å². The van der Waals surface area contributed by atoms with Crippen LogP contribution in [0.15, 0.2) is 29.6 Å². The number of benzene rings is 1. The van der Waals surface area contributed by atoms with E-state index in [1.807, 2.05) is 28.5 Å². The maximum absolute atomic E-state index is 12.3. The lowest BCUT2D eigenvalue weighted by Gasteiger charge is -2.25. The van der Waals surface area contributed by atoms with Crippen LogP contribution >= 0.6 is 22.9 Å². The van der Waals surface area contributed by atoms with Gasteiger partial charge in [-0.1, -0.05) is 23.7 Å². The lowest BCUT2D eigenvalue weighted by Crippen LogP contribution is -2.35. The summed E-state index contributed by atoms with van der Waals surface area (Å²) in [5, 5.41) is 3.16. The van der Waals surface area contributed by atoms with Crippen LogP contribution < -0.4 is 4.74 Å². The third-order valence-corrected chi connectivity index (χ3v) is 4.74. The first kappa shape index (κ1) is 15.3. The first-order valence-electron chi connectivity index (χ1n) is 7.35. The Balaban J connectivity index is 1.61. The van der Waals surface area contributed by atoms with Crippen molar-refractivity contribution in [3.63, 3.8) is 0 Å². The largest absolute Gasteiger partial charge is 0.485 e. The fourth-order valence-electron chi connectivity index (χ4n) is 2.44. The molecule has 0 N–H and O–H groups in total. The van der Waals surface area contributed by atoms with E-state index in [-0.39, 0.29) is 5.91 Å². The van der Waals surface area contributed by atoms with Gasteiger partial charge in [-0.15, -0.1) is 11.3 Å². The van der Waals surface area contributed by atoms with Crippen LogP contribution in [0.5, 0.6) is 5.75 Å². The highest BCUT2D eigenvalue weighted by Crippen LogP contribution is 2.24. The predicted octanol–water partition coefficient (Wildman–Crippen LogP) is 4.00. The van der Waals surface area contributed by atoms with E-state index in [0.29, 0.717) is 23.1 Å². The Hall–Kier alpha value is -1.59. The molecule has 1 amide bonds. The van der Waals surface area contributed by atoms with Crippen LogP contribution in [0.2, 0.25) is 5.02 Å². The molecule has 0 saturated carbocycles. The number of carbonyl (C=O) groups excluding carboxylic acids is 1. The number of nitrogens with zero attached hydrogens (tertiary/aromatic N) is 2. The monoisotopic (exact) mass is 336 g/mol. The molecule has 116 valence electrons. The molecule has 0 aliphatic carbocycles. The molecular weight excluding hydrogens is 320 g/mol. The number of rotatable bonds is 4. The number of likely N-dealkylation sites (tertiary alicyclic amines) is 1. The van der Waals surface area contributed by atoms with E-state index in [2.05, 4.69) is 4.98 Å². The number of halogens is 1. The molecule has 1 aromatic heterocycles. The highest BCUT2D eigenvalue weighted by Gasteiger charge is 2.20. The number of aromatic nitrogens is 1. The van der Waals surface area contributed by atoms with Crippen molar-refractivity contribution in [1.29, 1.82) is 0 Å². The highest BCUT2D eigenvalue weighted by molar-refractivity contribution is 7.09. The average molecular weight is 337 g/mol. The van der Waals surface area contributed by atoms with Crippen LogP contribution in [0, 0.1) is 0 Å². The molecule has 6 heteroatoms. The summed E-state index contributed by atoms with van der Waals surface area (Å²) in [5.41, 5.74) is 0.518. The summed E-state index contributed by atoms with van der Waals surface area (Å²) in [7, 11) is 0. The molecule has 2 aromatic rings. The first-order valence-corrected chi connectivity index (χ1v) is 8.61. The number of hydrogen-bond acceptors (Lipinski definition) is 4. The summed E-state index contributed by atoms with van der Waals surface area (Å²) >= 11 is 7.49. The Morgan fingerprint density at radius 2 is 2.05 bits per heavy atom. The van der Waals surface area contributed by atoms with Gasteiger partial charge in [-0.3, -0.25) is 4.79 Å². The number of amides is 1. The molecule has 0 spiro atoms.